The van der Waals surface area contributed by atoms with Gasteiger partial charge in [0.1, 0.15) is 0 Å². The lowest BCUT2D eigenvalue weighted by atomic mass is 10.0. The summed E-state index contributed by atoms with van der Waals surface area (Å²) in [5.74, 6) is -1.77. The summed E-state index contributed by atoms with van der Waals surface area (Å²) >= 11 is 0. The minimum atomic E-state index is -1.24. The second kappa shape index (κ2) is 4.38. The Morgan fingerprint density at radius 3 is 2.61 bits per heavy atom. The van der Waals surface area contributed by atoms with E-state index in [1.807, 2.05) is 6.92 Å². The molecule has 5 heteroatoms. The van der Waals surface area contributed by atoms with Crippen molar-refractivity contribution in [3.63, 3.8) is 0 Å². The second-order valence-electron chi connectivity index (χ2n) is 5.14. The lowest BCUT2D eigenvalue weighted by Crippen LogP contribution is -2.33. The molecular weight excluding hydrogens is 256 g/mol. The SMILES string of the molecule is CC1CC(NC2CC2)c2cc(F)c(F)cc2S1=O. The fraction of sp³-hybridized carbons (Fsp3) is 0.538. The topological polar surface area (TPSA) is 29.1 Å². The van der Waals surface area contributed by atoms with Gasteiger partial charge in [0.2, 0.25) is 0 Å². The number of nitrogens with one attached hydrogen (secondary N) is 1. The standard InChI is InChI=1S/C13H15F2NOS/c1-7-4-12(16-8-2-3-8)9-5-10(14)11(15)6-13(9)18(7)17/h5-8,12,16H,2-4H2,1H3. The van der Waals surface area contributed by atoms with Crippen molar-refractivity contribution in [2.24, 2.45) is 0 Å². The summed E-state index contributed by atoms with van der Waals surface area (Å²) < 4.78 is 38.8. The van der Waals surface area contributed by atoms with Crippen molar-refractivity contribution < 1.29 is 13.0 Å². The van der Waals surface area contributed by atoms with Crippen LogP contribution in [0.4, 0.5) is 8.78 Å². The van der Waals surface area contributed by atoms with E-state index in [0.717, 1.165) is 18.9 Å². The first-order valence-corrected chi connectivity index (χ1v) is 7.43. The largest absolute Gasteiger partial charge is 0.307 e. The van der Waals surface area contributed by atoms with Crippen molar-refractivity contribution in [1.82, 2.24) is 5.32 Å². The van der Waals surface area contributed by atoms with Crippen molar-refractivity contribution in [3.05, 3.63) is 29.3 Å². The van der Waals surface area contributed by atoms with Gasteiger partial charge in [-0.05, 0) is 37.0 Å². The number of halogens is 2. The zero-order chi connectivity index (χ0) is 12.9. The maximum Gasteiger partial charge on any atom is 0.160 e. The zero-order valence-corrected chi connectivity index (χ0v) is 10.9. The molecule has 1 aromatic carbocycles. The molecule has 1 heterocycles. The fourth-order valence-corrected chi connectivity index (χ4v) is 3.90. The maximum absolute atomic E-state index is 13.4. The lowest BCUT2D eigenvalue weighted by Gasteiger charge is -2.30. The predicted octanol–water partition coefficient (Wildman–Crippen LogP) is 2.66. The molecule has 3 unspecified atom stereocenters. The van der Waals surface area contributed by atoms with Gasteiger partial charge in [0.25, 0.3) is 0 Å². The molecule has 1 saturated carbocycles. The van der Waals surface area contributed by atoms with Gasteiger partial charge in [-0.3, -0.25) is 4.21 Å². The van der Waals surface area contributed by atoms with Gasteiger partial charge in [0, 0.05) is 22.2 Å². The van der Waals surface area contributed by atoms with E-state index in [9.17, 15) is 13.0 Å². The summed E-state index contributed by atoms with van der Waals surface area (Å²) in [6.45, 7) is 1.89. The number of hydrogen-bond acceptors (Lipinski definition) is 2. The molecule has 2 aliphatic rings. The van der Waals surface area contributed by atoms with Crippen LogP contribution in [0.25, 0.3) is 0 Å². The summed E-state index contributed by atoms with van der Waals surface area (Å²) in [4.78, 5) is 0.450. The molecule has 18 heavy (non-hydrogen) atoms. The summed E-state index contributed by atoms with van der Waals surface area (Å²) in [6.07, 6.45) is 2.97. The van der Waals surface area contributed by atoms with E-state index in [2.05, 4.69) is 5.32 Å². The van der Waals surface area contributed by atoms with E-state index in [1.165, 1.54) is 6.07 Å². The van der Waals surface area contributed by atoms with Gasteiger partial charge < -0.3 is 5.32 Å². The molecule has 1 aliphatic heterocycles. The van der Waals surface area contributed by atoms with E-state index in [4.69, 9.17) is 0 Å². The van der Waals surface area contributed by atoms with Gasteiger partial charge >= 0.3 is 0 Å². The van der Waals surface area contributed by atoms with Crippen molar-refractivity contribution >= 4 is 10.8 Å². The van der Waals surface area contributed by atoms with E-state index < -0.39 is 22.4 Å². The summed E-state index contributed by atoms with van der Waals surface area (Å²) in [7, 11) is -1.24. The van der Waals surface area contributed by atoms with Crippen LogP contribution in [0.2, 0.25) is 0 Å². The van der Waals surface area contributed by atoms with Gasteiger partial charge in [-0.25, -0.2) is 8.78 Å². The number of hydrogen-bond donors (Lipinski definition) is 1. The average molecular weight is 271 g/mol. The monoisotopic (exact) mass is 271 g/mol. The van der Waals surface area contributed by atoms with Crippen LogP contribution in [-0.4, -0.2) is 15.5 Å². The van der Waals surface area contributed by atoms with E-state index in [0.29, 0.717) is 22.9 Å². The molecule has 0 spiro atoms. The first kappa shape index (κ1) is 12.2. The van der Waals surface area contributed by atoms with Crippen molar-refractivity contribution in [1.29, 1.82) is 0 Å². The molecule has 0 saturated heterocycles. The van der Waals surface area contributed by atoms with Crippen LogP contribution >= 0.6 is 0 Å². The molecular formula is C13H15F2NOS. The van der Waals surface area contributed by atoms with Crippen LogP contribution in [0, 0.1) is 11.6 Å². The Morgan fingerprint density at radius 2 is 1.94 bits per heavy atom. The van der Waals surface area contributed by atoms with Crippen molar-refractivity contribution in [3.8, 4) is 0 Å². The van der Waals surface area contributed by atoms with Crippen LogP contribution in [0.15, 0.2) is 17.0 Å². The highest BCUT2D eigenvalue weighted by atomic mass is 32.2. The molecule has 1 aliphatic carbocycles. The Labute approximate surface area is 107 Å². The Hall–Kier alpha value is -0.810. The molecule has 1 fully saturated rings. The first-order valence-electron chi connectivity index (χ1n) is 6.22. The zero-order valence-electron chi connectivity index (χ0n) is 10.1. The normalized spacial score (nSPS) is 31.2. The fourth-order valence-electron chi connectivity index (χ4n) is 2.45. The summed E-state index contributed by atoms with van der Waals surface area (Å²) in [5, 5.41) is 3.39. The third-order valence-electron chi connectivity index (χ3n) is 3.59. The highest BCUT2D eigenvalue weighted by molar-refractivity contribution is 7.85. The highest BCUT2D eigenvalue weighted by Crippen LogP contribution is 2.37. The second-order valence-corrected chi connectivity index (χ2v) is 6.98. The Kier molecular flexibility index (Phi) is 2.98. The average Bonchev–Trinajstić information content (AvgIpc) is 3.12. The smallest absolute Gasteiger partial charge is 0.160 e. The van der Waals surface area contributed by atoms with Crippen LogP contribution in [0.3, 0.4) is 0 Å². The van der Waals surface area contributed by atoms with Gasteiger partial charge in [-0.15, -0.1) is 0 Å². The third-order valence-corrected chi connectivity index (χ3v) is 5.30. The molecule has 3 atom stereocenters. The van der Waals surface area contributed by atoms with Gasteiger partial charge in [-0.2, -0.15) is 0 Å². The molecule has 98 valence electrons. The quantitative estimate of drug-likeness (QED) is 0.896. The number of rotatable bonds is 2. The highest BCUT2D eigenvalue weighted by Gasteiger charge is 2.34. The first-order chi connectivity index (χ1) is 8.56. The summed E-state index contributed by atoms with van der Waals surface area (Å²) in [5.41, 5.74) is 0.664. The predicted molar refractivity (Wildman–Crippen MR) is 65.7 cm³/mol. The van der Waals surface area contributed by atoms with Gasteiger partial charge in [0.15, 0.2) is 11.6 Å². The number of benzene rings is 1. The van der Waals surface area contributed by atoms with Crippen molar-refractivity contribution in [2.45, 2.75) is 48.4 Å². The molecule has 2 nitrogen and oxygen atoms in total. The Morgan fingerprint density at radius 1 is 1.28 bits per heavy atom. The number of fused-ring (bicyclic) bond motifs is 1. The molecule has 3 rings (SSSR count). The van der Waals surface area contributed by atoms with E-state index in [1.54, 1.807) is 0 Å². The molecule has 0 amide bonds. The minimum Gasteiger partial charge on any atom is -0.307 e. The molecule has 1 aromatic rings. The molecule has 0 bridgehead atoms. The van der Waals surface area contributed by atoms with E-state index >= 15 is 0 Å². The van der Waals surface area contributed by atoms with Crippen LogP contribution in [-0.2, 0) is 10.8 Å². The van der Waals surface area contributed by atoms with Crippen LogP contribution in [0.5, 0.6) is 0 Å². The molecule has 1 N–H and O–H groups in total. The van der Waals surface area contributed by atoms with Gasteiger partial charge in [0.05, 0.1) is 10.8 Å². The van der Waals surface area contributed by atoms with Crippen LogP contribution < -0.4 is 5.32 Å². The van der Waals surface area contributed by atoms with Crippen molar-refractivity contribution in [2.75, 3.05) is 0 Å². The third kappa shape index (κ3) is 2.10. The Bertz CT molecular complexity index is 516. The van der Waals surface area contributed by atoms with Crippen LogP contribution in [0.1, 0.15) is 37.8 Å². The molecule has 0 radical (unpaired) electrons. The molecule has 0 aromatic heterocycles. The van der Waals surface area contributed by atoms with Gasteiger partial charge in [-0.1, -0.05) is 6.92 Å². The van der Waals surface area contributed by atoms with E-state index in [-0.39, 0.29) is 11.3 Å². The maximum atomic E-state index is 13.4. The summed E-state index contributed by atoms with van der Waals surface area (Å²) in [6, 6.07) is 2.77. The Balaban J connectivity index is 2.03. The minimum absolute atomic E-state index is 0.00435. The lowest BCUT2D eigenvalue weighted by molar-refractivity contribution is 0.458.